The van der Waals surface area contributed by atoms with Gasteiger partial charge in [0.05, 0.1) is 18.1 Å². The molecule has 2 heterocycles. The van der Waals surface area contributed by atoms with Crippen molar-refractivity contribution in [2.75, 3.05) is 13.2 Å². The molecule has 136 valence electrons. The van der Waals surface area contributed by atoms with Crippen LogP contribution in [0.1, 0.15) is 43.5 Å². The normalized spacial score (nSPS) is 21.2. The number of hydrogen-bond donors (Lipinski definition) is 1. The first kappa shape index (κ1) is 18.6. The molecule has 4 nitrogen and oxygen atoms in total. The third-order valence-corrected chi connectivity index (χ3v) is 6.03. The van der Waals surface area contributed by atoms with E-state index < -0.39 is 5.41 Å². The third-order valence-electron chi connectivity index (χ3n) is 5.79. The number of hydrogen-bond acceptors (Lipinski definition) is 3. The van der Waals surface area contributed by atoms with Crippen LogP contribution in [-0.2, 0) is 23.0 Å². The van der Waals surface area contributed by atoms with Crippen molar-refractivity contribution in [2.45, 2.75) is 38.6 Å². The van der Waals surface area contributed by atoms with E-state index in [0.29, 0.717) is 6.61 Å². The summed E-state index contributed by atoms with van der Waals surface area (Å²) in [6.07, 6.45) is 3.83. The summed E-state index contributed by atoms with van der Waals surface area (Å²) in [5.74, 6) is -0.0510. The first-order chi connectivity index (χ1) is 11.6. The molecule has 0 amide bonds. The Morgan fingerprint density at radius 1 is 1.44 bits per heavy atom. The summed E-state index contributed by atoms with van der Waals surface area (Å²) in [5, 5.41) is 5.59. The highest BCUT2D eigenvalue weighted by Crippen LogP contribution is 2.53. The van der Waals surface area contributed by atoms with Gasteiger partial charge in [-0.15, -0.1) is 12.4 Å². The molecule has 1 aliphatic carbocycles. The monoisotopic (exact) mass is 382 g/mol. The minimum Gasteiger partial charge on any atom is -0.466 e. The second-order valence-electron chi connectivity index (χ2n) is 6.95. The molecule has 2 aliphatic rings. The van der Waals surface area contributed by atoms with E-state index in [1.165, 1.54) is 22.2 Å². The van der Waals surface area contributed by atoms with Gasteiger partial charge in [0.25, 0.3) is 0 Å². The molecule has 25 heavy (non-hydrogen) atoms. The van der Waals surface area contributed by atoms with Crippen molar-refractivity contribution >= 4 is 40.9 Å². The summed E-state index contributed by atoms with van der Waals surface area (Å²) < 4.78 is 7.67. The van der Waals surface area contributed by atoms with Gasteiger partial charge in [-0.3, -0.25) is 4.79 Å². The lowest BCUT2D eigenvalue weighted by Crippen LogP contribution is -2.52. The molecule has 1 unspecified atom stereocenters. The Hall–Kier alpha value is -1.23. The van der Waals surface area contributed by atoms with Gasteiger partial charge in [-0.25, -0.2) is 0 Å². The quantitative estimate of drug-likeness (QED) is 0.809. The fourth-order valence-electron chi connectivity index (χ4n) is 4.48. The van der Waals surface area contributed by atoms with Crippen LogP contribution in [0.4, 0.5) is 0 Å². The number of carbonyl (C=O) groups excluding carboxylic acids is 1. The average molecular weight is 383 g/mol. The van der Waals surface area contributed by atoms with E-state index in [0.717, 1.165) is 37.3 Å². The maximum atomic E-state index is 12.7. The largest absolute Gasteiger partial charge is 0.466 e. The van der Waals surface area contributed by atoms with Crippen molar-refractivity contribution in [1.82, 2.24) is 9.88 Å². The Balaban J connectivity index is 0.00000182. The zero-order valence-electron chi connectivity index (χ0n) is 14.6. The number of ether oxygens (including phenoxy) is 1. The van der Waals surface area contributed by atoms with E-state index in [-0.39, 0.29) is 24.4 Å². The van der Waals surface area contributed by atoms with Crippen LogP contribution < -0.4 is 5.32 Å². The molecule has 1 aromatic heterocycles. The Labute approximate surface area is 159 Å². The molecule has 0 radical (unpaired) electrons. The number of carbonyl (C=O) groups is 1. The predicted octanol–water partition coefficient (Wildman–Crippen LogP) is 4.17. The zero-order chi connectivity index (χ0) is 16.9. The van der Waals surface area contributed by atoms with Gasteiger partial charge in [0, 0.05) is 28.7 Å². The number of halogens is 2. The molecule has 6 heteroatoms. The predicted molar refractivity (Wildman–Crippen MR) is 103 cm³/mol. The van der Waals surface area contributed by atoms with Gasteiger partial charge in [-0.2, -0.15) is 0 Å². The highest BCUT2D eigenvalue weighted by molar-refractivity contribution is 6.31. The number of nitrogens with zero attached hydrogens (tertiary/aromatic N) is 1. The minimum absolute atomic E-state index is 0. The van der Waals surface area contributed by atoms with Gasteiger partial charge < -0.3 is 14.6 Å². The van der Waals surface area contributed by atoms with Crippen LogP contribution in [0.3, 0.4) is 0 Å². The molecular weight excluding hydrogens is 359 g/mol. The Morgan fingerprint density at radius 3 is 2.84 bits per heavy atom. The number of aryl methyl sites for hydroxylation is 1. The Morgan fingerprint density at radius 2 is 2.20 bits per heavy atom. The number of esters is 1. The van der Waals surface area contributed by atoms with E-state index in [1.54, 1.807) is 0 Å². The fourth-order valence-corrected chi connectivity index (χ4v) is 4.65. The van der Waals surface area contributed by atoms with Crippen LogP contribution in [0.25, 0.3) is 10.9 Å². The number of benzene rings is 1. The van der Waals surface area contributed by atoms with Gasteiger partial charge in [-0.1, -0.05) is 18.0 Å². The number of aromatic nitrogens is 1. The van der Waals surface area contributed by atoms with E-state index in [2.05, 4.69) is 29.1 Å². The molecule has 0 spiro atoms. The second-order valence-corrected chi connectivity index (χ2v) is 7.39. The van der Waals surface area contributed by atoms with Crippen molar-refractivity contribution in [3.63, 3.8) is 0 Å². The van der Waals surface area contributed by atoms with Gasteiger partial charge in [-0.05, 0) is 56.5 Å². The molecular formula is C19H24Cl2N2O2. The van der Waals surface area contributed by atoms with Gasteiger partial charge in [0.1, 0.15) is 0 Å². The second kappa shape index (κ2) is 6.82. The summed E-state index contributed by atoms with van der Waals surface area (Å²) in [7, 11) is 2.09. The smallest absolute Gasteiger partial charge is 0.314 e. The Kier molecular flexibility index (Phi) is 5.06. The van der Waals surface area contributed by atoms with E-state index in [9.17, 15) is 4.79 Å². The molecule has 1 saturated carbocycles. The summed E-state index contributed by atoms with van der Waals surface area (Å²) in [5.41, 5.74) is 3.31. The van der Waals surface area contributed by atoms with Gasteiger partial charge >= 0.3 is 5.97 Å². The molecule has 0 bridgehead atoms. The lowest BCUT2D eigenvalue weighted by molar-refractivity contribution is -0.164. The molecule has 0 saturated heterocycles. The van der Waals surface area contributed by atoms with E-state index in [4.69, 9.17) is 16.3 Å². The number of rotatable bonds is 3. The van der Waals surface area contributed by atoms with Crippen LogP contribution in [0, 0.1) is 5.41 Å². The highest BCUT2D eigenvalue weighted by Gasteiger charge is 2.54. The number of nitrogens with one attached hydrogen (secondary N) is 1. The average Bonchev–Trinajstić information content (AvgIpc) is 2.80. The van der Waals surface area contributed by atoms with E-state index in [1.807, 2.05) is 13.0 Å². The van der Waals surface area contributed by atoms with Crippen LogP contribution in [0.15, 0.2) is 18.2 Å². The number of fused-ring (bicyclic) bond motifs is 3. The van der Waals surface area contributed by atoms with Crippen molar-refractivity contribution in [3.8, 4) is 0 Å². The molecule has 2 aromatic rings. The summed E-state index contributed by atoms with van der Waals surface area (Å²) in [4.78, 5) is 12.7. The van der Waals surface area contributed by atoms with Gasteiger partial charge in [0.2, 0.25) is 0 Å². The maximum absolute atomic E-state index is 12.7. The maximum Gasteiger partial charge on any atom is 0.314 e. The SMILES string of the molecule is CCOC(=O)C1(C2NCCc3c2n(C)c2ccc(Cl)cc32)CCC1.Cl. The summed E-state index contributed by atoms with van der Waals surface area (Å²) >= 11 is 6.23. The third kappa shape index (κ3) is 2.66. The minimum atomic E-state index is -0.420. The van der Waals surface area contributed by atoms with E-state index >= 15 is 0 Å². The summed E-state index contributed by atoms with van der Waals surface area (Å²) in [6.45, 7) is 3.19. The highest BCUT2D eigenvalue weighted by atomic mass is 35.5. The molecule has 1 fully saturated rings. The van der Waals surface area contributed by atoms with Crippen LogP contribution in [-0.4, -0.2) is 23.7 Å². The first-order valence-corrected chi connectivity index (χ1v) is 9.13. The van der Waals surface area contributed by atoms with Crippen molar-refractivity contribution in [3.05, 3.63) is 34.5 Å². The van der Waals surface area contributed by atoms with Gasteiger partial charge in [0.15, 0.2) is 0 Å². The summed E-state index contributed by atoms with van der Waals surface area (Å²) in [6, 6.07) is 6.08. The van der Waals surface area contributed by atoms with Crippen LogP contribution >= 0.6 is 24.0 Å². The van der Waals surface area contributed by atoms with Crippen LogP contribution in [0.5, 0.6) is 0 Å². The van der Waals surface area contributed by atoms with Crippen molar-refractivity contribution in [1.29, 1.82) is 0 Å². The first-order valence-electron chi connectivity index (χ1n) is 8.76. The molecule has 1 N–H and O–H groups in total. The lowest BCUT2D eigenvalue weighted by Gasteiger charge is -2.47. The fraction of sp³-hybridized carbons (Fsp3) is 0.526. The molecule has 1 aromatic carbocycles. The van der Waals surface area contributed by atoms with Crippen molar-refractivity contribution < 1.29 is 9.53 Å². The standard InChI is InChI=1S/C19H23ClN2O2.ClH/c1-3-24-18(23)19(8-4-9-19)17-16-13(7-10-21-17)14-11-12(20)5-6-15(14)22(16)2;/h5-6,11,17,21H,3-4,7-10H2,1-2H3;1H. The topological polar surface area (TPSA) is 43.3 Å². The van der Waals surface area contributed by atoms with Crippen molar-refractivity contribution in [2.24, 2.45) is 12.5 Å². The zero-order valence-corrected chi connectivity index (χ0v) is 16.2. The van der Waals surface area contributed by atoms with Crippen LogP contribution in [0.2, 0.25) is 5.02 Å². The molecule has 1 aliphatic heterocycles. The molecule has 4 rings (SSSR count). The lowest BCUT2D eigenvalue weighted by atomic mass is 9.62. The Bertz CT molecular complexity index is 811. The molecule has 1 atom stereocenters.